The maximum atomic E-state index is 12.4. The third-order valence-corrected chi connectivity index (χ3v) is 4.38. The van der Waals surface area contributed by atoms with Crippen LogP contribution in [0.4, 0.5) is 5.82 Å². The van der Waals surface area contributed by atoms with E-state index in [0.717, 1.165) is 20.3 Å². The smallest absolute Gasteiger partial charge is 0.256 e. The van der Waals surface area contributed by atoms with Crippen LogP contribution in [0.1, 0.15) is 15.9 Å². The second-order valence-corrected chi connectivity index (χ2v) is 7.09. The Kier molecular flexibility index (Phi) is 5.83. The fraction of sp³-hybridized carbons (Fsp3) is 0.0526. The summed E-state index contributed by atoms with van der Waals surface area (Å²) in [5, 5.41) is 2.78. The maximum Gasteiger partial charge on any atom is 0.256 e. The molecule has 4 nitrogen and oxygen atoms in total. The average molecular weight is 462 g/mol. The number of anilines is 1. The van der Waals surface area contributed by atoms with Gasteiger partial charge in [0.05, 0.1) is 0 Å². The zero-order chi connectivity index (χ0) is 17.6. The third kappa shape index (κ3) is 5.14. The molecule has 1 heterocycles. The molecule has 0 aliphatic heterocycles. The second-order valence-electron chi connectivity index (χ2n) is 5.26. The first-order chi connectivity index (χ1) is 12.1. The number of nitrogens with one attached hydrogen (secondary N) is 1. The Bertz CT molecular complexity index is 865. The normalized spacial score (nSPS) is 10.3. The van der Waals surface area contributed by atoms with Crippen molar-refractivity contribution in [2.45, 2.75) is 6.61 Å². The van der Waals surface area contributed by atoms with Crippen LogP contribution in [0.5, 0.6) is 5.75 Å². The van der Waals surface area contributed by atoms with Gasteiger partial charge in [-0.25, -0.2) is 4.98 Å². The largest absolute Gasteiger partial charge is 0.489 e. The van der Waals surface area contributed by atoms with Crippen molar-refractivity contribution in [3.05, 3.63) is 86.9 Å². The van der Waals surface area contributed by atoms with Gasteiger partial charge in [-0.2, -0.15) is 0 Å². The van der Waals surface area contributed by atoms with Crippen LogP contribution in [0.25, 0.3) is 0 Å². The van der Waals surface area contributed by atoms with Crippen molar-refractivity contribution < 1.29 is 9.53 Å². The standard InChI is InChI=1S/C19H14Br2N2O2/c20-15-4-7-17(8-5-15)25-12-13-2-1-3-14(10-13)19(24)23-18-9-6-16(21)11-22-18/h1-11H,12H2,(H,22,23,24). The fourth-order valence-corrected chi connectivity index (χ4v) is 2.64. The molecular formula is C19H14Br2N2O2. The summed E-state index contributed by atoms with van der Waals surface area (Å²) in [5.74, 6) is 1.07. The summed E-state index contributed by atoms with van der Waals surface area (Å²) in [6.45, 7) is 0.388. The van der Waals surface area contributed by atoms with Gasteiger partial charge >= 0.3 is 0 Å². The SMILES string of the molecule is O=C(Nc1ccc(Br)cn1)c1cccc(COc2ccc(Br)cc2)c1. The van der Waals surface area contributed by atoms with E-state index >= 15 is 0 Å². The third-order valence-electron chi connectivity index (χ3n) is 3.38. The second kappa shape index (κ2) is 8.27. The topological polar surface area (TPSA) is 51.2 Å². The minimum Gasteiger partial charge on any atom is -0.489 e. The van der Waals surface area contributed by atoms with Gasteiger partial charge in [0.25, 0.3) is 5.91 Å². The zero-order valence-electron chi connectivity index (χ0n) is 13.1. The molecule has 0 aliphatic rings. The summed E-state index contributed by atoms with van der Waals surface area (Å²) in [6, 6.07) is 18.5. The van der Waals surface area contributed by atoms with Crippen molar-refractivity contribution in [1.82, 2.24) is 4.98 Å². The van der Waals surface area contributed by atoms with Crippen LogP contribution in [-0.4, -0.2) is 10.9 Å². The first-order valence-corrected chi connectivity index (χ1v) is 9.09. The summed E-state index contributed by atoms with van der Waals surface area (Å²) in [7, 11) is 0. The van der Waals surface area contributed by atoms with E-state index < -0.39 is 0 Å². The number of carbonyl (C=O) groups excluding carboxylic acids is 1. The van der Waals surface area contributed by atoms with Gasteiger partial charge in [0, 0.05) is 20.7 Å². The molecule has 0 fully saturated rings. The van der Waals surface area contributed by atoms with Crippen LogP contribution in [-0.2, 0) is 6.61 Å². The number of amides is 1. The van der Waals surface area contributed by atoms with Crippen LogP contribution >= 0.6 is 31.9 Å². The molecule has 1 N–H and O–H groups in total. The van der Waals surface area contributed by atoms with Gasteiger partial charge < -0.3 is 10.1 Å². The molecule has 126 valence electrons. The Balaban J connectivity index is 1.64. The molecule has 3 aromatic rings. The van der Waals surface area contributed by atoms with Gasteiger partial charge in [-0.1, -0.05) is 28.1 Å². The highest BCUT2D eigenvalue weighted by Gasteiger charge is 2.08. The number of halogens is 2. The number of ether oxygens (including phenoxy) is 1. The van der Waals surface area contributed by atoms with Gasteiger partial charge in [-0.3, -0.25) is 4.79 Å². The Morgan fingerprint density at radius 3 is 2.48 bits per heavy atom. The van der Waals surface area contributed by atoms with Crippen LogP contribution in [0.3, 0.4) is 0 Å². The summed E-state index contributed by atoms with van der Waals surface area (Å²) < 4.78 is 7.60. The molecule has 2 aromatic carbocycles. The van der Waals surface area contributed by atoms with Gasteiger partial charge in [-0.05, 0) is 70.0 Å². The minimum absolute atomic E-state index is 0.208. The van der Waals surface area contributed by atoms with E-state index in [-0.39, 0.29) is 5.91 Å². The molecule has 0 atom stereocenters. The van der Waals surface area contributed by atoms with Gasteiger partial charge in [-0.15, -0.1) is 0 Å². The summed E-state index contributed by atoms with van der Waals surface area (Å²) >= 11 is 6.71. The molecule has 0 spiro atoms. The van der Waals surface area contributed by atoms with Crippen molar-refractivity contribution in [1.29, 1.82) is 0 Å². The van der Waals surface area contributed by atoms with Crippen molar-refractivity contribution in [2.75, 3.05) is 5.32 Å². The van der Waals surface area contributed by atoms with E-state index in [2.05, 4.69) is 42.2 Å². The van der Waals surface area contributed by atoms with Crippen molar-refractivity contribution in [2.24, 2.45) is 0 Å². The first-order valence-electron chi connectivity index (χ1n) is 7.50. The molecular weight excluding hydrogens is 448 g/mol. The Morgan fingerprint density at radius 2 is 1.76 bits per heavy atom. The van der Waals surface area contributed by atoms with E-state index in [0.29, 0.717) is 18.0 Å². The van der Waals surface area contributed by atoms with Gasteiger partial charge in [0.1, 0.15) is 18.2 Å². The molecule has 6 heteroatoms. The summed E-state index contributed by atoms with van der Waals surface area (Å²) in [4.78, 5) is 16.5. The molecule has 0 bridgehead atoms. The number of hydrogen-bond acceptors (Lipinski definition) is 3. The average Bonchev–Trinajstić information content (AvgIpc) is 2.63. The highest BCUT2D eigenvalue weighted by atomic mass is 79.9. The van der Waals surface area contributed by atoms with E-state index in [1.54, 1.807) is 18.3 Å². The number of nitrogens with zero attached hydrogens (tertiary/aromatic N) is 1. The number of carbonyl (C=O) groups is 1. The van der Waals surface area contributed by atoms with Gasteiger partial charge in [0.2, 0.25) is 0 Å². The molecule has 25 heavy (non-hydrogen) atoms. The monoisotopic (exact) mass is 460 g/mol. The predicted molar refractivity (Wildman–Crippen MR) is 105 cm³/mol. The van der Waals surface area contributed by atoms with E-state index in [1.165, 1.54) is 0 Å². The molecule has 3 rings (SSSR count). The molecule has 0 saturated carbocycles. The lowest BCUT2D eigenvalue weighted by atomic mass is 10.1. The quantitative estimate of drug-likeness (QED) is 0.550. The lowest BCUT2D eigenvalue weighted by Gasteiger charge is -2.08. The van der Waals surface area contributed by atoms with Gasteiger partial charge in [0.15, 0.2) is 0 Å². The number of hydrogen-bond donors (Lipinski definition) is 1. The molecule has 0 unspecified atom stereocenters. The fourth-order valence-electron chi connectivity index (χ4n) is 2.14. The Hall–Kier alpha value is -2.18. The van der Waals surface area contributed by atoms with Crippen molar-refractivity contribution in [3.63, 3.8) is 0 Å². The van der Waals surface area contributed by atoms with Crippen LogP contribution < -0.4 is 10.1 Å². The van der Waals surface area contributed by atoms with E-state index in [4.69, 9.17) is 4.74 Å². The molecule has 1 aromatic heterocycles. The molecule has 1 amide bonds. The summed E-state index contributed by atoms with van der Waals surface area (Å²) in [6.07, 6.45) is 1.64. The van der Waals surface area contributed by atoms with Crippen LogP contribution in [0, 0.1) is 0 Å². The summed E-state index contributed by atoms with van der Waals surface area (Å²) in [5.41, 5.74) is 1.47. The van der Waals surface area contributed by atoms with Crippen LogP contribution in [0.2, 0.25) is 0 Å². The van der Waals surface area contributed by atoms with Crippen molar-refractivity contribution >= 4 is 43.6 Å². The number of aromatic nitrogens is 1. The Labute approximate surface area is 162 Å². The van der Waals surface area contributed by atoms with Crippen LogP contribution in [0.15, 0.2) is 75.8 Å². The first kappa shape index (κ1) is 17.6. The highest BCUT2D eigenvalue weighted by Crippen LogP contribution is 2.18. The van der Waals surface area contributed by atoms with E-state index in [1.807, 2.05) is 48.5 Å². The number of rotatable bonds is 5. The zero-order valence-corrected chi connectivity index (χ0v) is 16.2. The molecule has 0 radical (unpaired) electrons. The molecule has 0 aliphatic carbocycles. The van der Waals surface area contributed by atoms with E-state index in [9.17, 15) is 4.79 Å². The molecule has 0 saturated heterocycles. The predicted octanol–water partition coefficient (Wildman–Crippen LogP) is 5.44. The maximum absolute atomic E-state index is 12.4. The Morgan fingerprint density at radius 1 is 1.00 bits per heavy atom. The lowest BCUT2D eigenvalue weighted by Crippen LogP contribution is -2.13. The highest BCUT2D eigenvalue weighted by molar-refractivity contribution is 9.10. The number of benzene rings is 2. The van der Waals surface area contributed by atoms with Crippen molar-refractivity contribution in [3.8, 4) is 5.75 Å². The minimum atomic E-state index is -0.208. The lowest BCUT2D eigenvalue weighted by molar-refractivity contribution is 0.102. The number of pyridine rings is 1.